The summed E-state index contributed by atoms with van der Waals surface area (Å²) in [4.78, 5) is 7.17. The van der Waals surface area contributed by atoms with Crippen LogP contribution in [0.4, 0.5) is 5.69 Å². The molecule has 3 rings (SSSR count). The van der Waals surface area contributed by atoms with Gasteiger partial charge >= 0.3 is 0 Å². The first-order chi connectivity index (χ1) is 11.7. The third kappa shape index (κ3) is 3.72. The Morgan fingerprint density at radius 2 is 1.83 bits per heavy atom. The number of rotatable bonds is 4. The van der Waals surface area contributed by atoms with E-state index in [9.17, 15) is 0 Å². The molecule has 0 bridgehead atoms. The minimum absolute atomic E-state index is 0.537. The molecule has 2 aliphatic rings. The van der Waals surface area contributed by atoms with Crippen LogP contribution < -0.4 is 14.8 Å². The third-order valence-corrected chi connectivity index (χ3v) is 5.12. The zero-order valence-corrected chi connectivity index (χ0v) is 15.2. The van der Waals surface area contributed by atoms with E-state index in [0.29, 0.717) is 22.6 Å². The van der Waals surface area contributed by atoms with E-state index in [4.69, 9.17) is 26.1 Å². The van der Waals surface area contributed by atoms with E-state index >= 15 is 0 Å². The fraction of sp³-hybridized carbons (Fsp3) is 0.611. The second-order valence-electron chi connectivity index (χ2n) is 6.36. The molecule has 1 N–H and O–H groups in total. The molecule has 1 aliphatic heterocycles. The van der Waals surface area contributed by atoms with Gasteiger partial charge in [-0.25, -0.2) is 0 Å². The lowest BCUT2D eigenvalue weighted by atomic mass is 9.94. The predicted molar refractivity (Wildman–Crippen MR) is 98.7 cm³/mol. The third-order valence-electron chi connectivity index (χ3n) is 4.83. The van der Waals surface area contributed by atoms with Gasteiger partial charge in [0.05, 0.1) is 24.9 Å². The van der Waals surface area contributed by atoms with E-state index < -0.39 is 0 Å². The molecule has 0 aromatic heterocycles. The highest BCUT2D eigenvalue weighted by atomic mass is 35.5. The smallest absolute Gasteiger partial charge is 0.198 e. The first kappa shape index (κ1) is 17.2. The lowest BCUT2D eigenvalue weighted by Gasteiger charge is -2.38. The summed E-state index contributed by atoms with van der Waals surface area (Å²) in [6.45, 7) is 1.92. The molecule has 1 aliphatic carbocycles. The number of anilines is 1. The highest BCUT2D eigenvalue weighted by Crippen LogP contribution is 2.36. The average molecular weight is 352 g/mol. The second kappa shape index (κ2) is 7.97. The summed E-state index contributed by atoms with van der Waals surface area (Å²) in [5, 5.41) is 4.00. The van der Waals surface area contributed by atoms with Crippen molar-refractivity contribution in [2.75, 3.05) is 32.6 Å². The summed E-state index contributed by atoms with van der Waals surface area (Å²) in [7, 11) is 3.26. The van der Waals surface area contributed by atoms with Crippen molar-refractivity contribution in [3.63, 3.8) is 0 Å². The van der Waals surface area contributed by atoms with Crippen LogP contribution in [0.3, 0.4) is 0 Å². The fourth-order valence-electron chi connectivity index (χ4n) is 3.56. The van der Waals surface area contributed by atoms with Crippen LogP contribution in [0.25, 0.3) is 0 Å². The van der Waals surface area contributed by atoms with Crippen molar-refractivity contribution in [1.82, 2.24) is 4.90 Å². The number of halogens is 1. The highest BCUT2D eigenvalue weighted by Gasteiger charge is 2.26. The van der Waals surface area contributed by atoms with Gasteiger partial charge in [-0.05, 0) is 19.3 Å². The van der Waals surface area contributed by atoms with E-state index in [1.54, 1.807) is 20.3 Å². The number of benzene rings is 1. The lowest BCUT2D eigenvalue weighted by molar-refractivity contribution is 0.234. The monoisotopic (exact) mass is 351 g/mol. The van der Waals surface area contributed by atoms with E-state index in [-0.39, 0.29) is 0 Å². The topological polar surface area (TPSA) is 46.1 Å². The molecule has 132 valence electrons. The molecule has 0 atom stereocenters. The van der Waals surface area contributed by atoms with Crippen molar-refractivity contribution in [1.29, 1.82) is 0 Å². The quantitative estimate of drug-likeness (QED) is 0.884. The standard InChI is InChI=1S/C18H26ClN3O2/c1-23-16-12-15(17(24-2)11-14(16)19)21-18-20-9-6-10-22(18)13-7-4-3-5-8-13/h11-13H,3-10H2,1-2H3,(H,20,21). The minimum Gasteiger partial charge on any atom is -0.495 e. The maximum atomic E-state index is 6.20. The summed E-state index contributed by atoms with van der Waals surface area (Å²) in [5.41, 5.74) is 0.834. The molecule has 0 unspecified atom stereocenters. The predicted octanol–water partition coefficient (Wildman–Crippen LogP) is 4.16. The molecule has 1 saturated carbocycles. The summed E-state index contributed by atoms with van der Waals surface area (Å²) in [6.07, 6.45) is 7.60. The Labute approximate surface area is 149 Å². The van der Waals surface area contributed by atoms with E-state index in [1.165, 1.54) is 32.1 Å². The molecular formula is C18H26ClN3O2. The van der Waals surface area contributed by atoms with Crippen molar-refractivity contribution in [2.45, 2.75) is 44.6 Å². The first-order valence-electron chi connectivity index (χ1n) is 8.72. The number of hydrogen-bond donors (Lipinski definition) is 1. The summed E-state index contributed by atoms with van der Waals surface area (Å²) >= 11 is 6.20. The van der Waals surface area contributed by atoms with E-state index in [0.717, 1.165) is 31.2 Å². The zero-order chi connectivity index (χ0) is 16.9. The molecule has 1 fully saturated rings. The Balaban J connectivity index is 1.83. The fourth-order valence-corrected chi connectivity index (χ4v) is 3.79. The molecule has 6 heteroatoms. The van der Waals surface area contributed by atoms with Crippen LogP contribution in [0, 0.1) is 0 Å². The number of guanidine groups is 1. The lowest BCUT2D eigenvalue weighted by Crippen LogP contribution is -2.47. The van der Waals surface area contributed by atoms with Gasteiger partial charge in [-0.3, -0.25) is 4.99 Å². The van der Waals surface area contributed by atoms with Gasteiger partial charge in [0.15, 0.2) is 5.96 Å². The molecule has 1 aromatic carbocycles. The molecule has 5 nitrogen and oxygen atoms in total. The molecule has 0 amide bonds. The van der Waals surface area contributed by atoms with Gasteiger partial charge in [0.1, 0.15) is 11.5 Å². The second-order valence-corrected chi connectivity index (χ2v) is 6.76. The summed E-state index contributed by atoms with van der Waals surface area (Å²) in [6, 6.07) is 4.24. The van der Waals surface area contributed by atoms with E-state index in [1.807, 2.05) is 6.07 Å². The highest BCUT2D eigenvalue weighted by molar-refractivity contribution is 6.32. The molecule has 0 saturated heterocycles. The average Bonchev–Trinajstić information content (AvgIpc) is 2.64. The molecular weight excluding hydrogens is 326 g/mol. The Bertz CT molecular complexity index is 600. The maximum absolute atomic E-state index is 6.20. The van der Waals surface area contributed by atoms with Gasteiger partial charge in [0.2, 0.25) is 0 Å². The summed E-state index contributed by atoms with van der Waals surface area (Å²) < 4.78 is 10.8. The van der Waals surface area contributed by atoms with Gasteiger partial charge in [-0.2, -0.15) is 0 Å². The number of hydrogen-bond acceptors (Lipinski definition) is 5. The Kier molecular flexibility index (Phi) is 5.72. The van der Waals surface area contributed by atoms with Crippen molar-refractivity contribution in [2.24, 2.45) is 4.99 Å². The van der Waals surface area contributed by atoms with Gasteiger partial charge in [0, 0.05) is 31.3 Å². The van der Waals surface area contributed by atoms with Crippen LogP contribution >= 0.6 is 11.6 Å². The maximum Gasteiger partial charge on any atom is 0.198 e. The van der Waals surface area contributed by atoms with Crippen LogP contribution in [0.1, 0.15) is 38.5 Å². The zero-order valence-electron chi connectivity index (χ0n) is 14.5. The van der Waals surface area contributed by atoms with Gasteiger partial charge < -0.3 is 19.7 Å². The number of aliphatic imine (C=N–C) groups is 1. The number of nitrogens with zero attached hydrogens (tertiary/aromatic N) is 2. The number of ether oxygens (including phenoxy) is 2. The Morgan fingerprint density at radius 1 is 1.08 bits per heavy atom. The van der Waals surface area contributed by atoms with Crippen molar-refractivity contribution in [3.05, 3.63) is 17.2 Å². The van der Waals surface area contributed by atoms with Crippen molar-refractivity contribution < 1.29 is 9.47 Å². The van der Waals surface area contributed by atoms with Crippen LogP contribution in [0.2, 0.25) is 5.02 Å². The Morgan fingerprint density at radius 3 is 2.54 bits per heavy atom. The van der Waals surface area contributed by atoms with Gasteiger partial charge in [-0.15, -0.1) is 0 Å². The van der Waals surface area contributed by atoms with Crippen molar-refractivity contribution >= 4 is 23.2 Å². The van der Waals surface area contributed by atoms with E-state index in [2.05, 4.69) is 10.2 Å². The largest absolute Gasteiger partial charge is 0.495 e. The SMILES string of the molecule is COc1cc(NC2=NCCCN2C2CCCCC2)c(OC)cc1Cl. The molecule has 0 spiro atoms. The normalized spacial score (nSPS) is 19.0. The van der Waals surface area contributed by atoms with Crippen LogP contribution in [-0.2, 0) is 0 Å². The van der Waals surface area contributed by atoms with Crippen LogP contribution in [0.5, 0.6) is 11.5 Å². The summed E-state index contributed by atoms with van der Waals surface area (Å²) in [5.74, 6) is 2.26. The molecule has 24 heavy (non-hydrogen) atoms. The van der Waals surface area contributed by atoms with Crippen LogP contribution in [-0.4, -0.2) is 44.2 Å². The first-order valence-corrected chi connectivity index (χ1v) is 9.10. The van der Waals surface area contributed by atoms with Crippen molar-refractivity contribution in [3.8, 4) is 11.5 Å². The molecule has 0 radical (unpaired) electrons. The number of methoxy groups -OCH3 is 2. The molecule has 1 aromatic rings. The Hall–Kier alpha value is -1.62. The number of nitrogens with one attached hydrogen (secondary N) is 1. The van der Waals surface area contributed by atoms with Gasteiger partial charge in [0.25, 0.3) is 0 Å². The minimum atomic E-state index is 0.537. The molecule has 1 heterocycles. The van der Waals surface area contributed by atoms with Crippen LogP contribution in [0.15, 0.2) is 17.1 Å². The van der Waals surface area contributed by atoms with Gasteiger partial charge in [-0.1, -0.05) is 30.9 Å².